The lowest BCUT2D eigenvalue weighted by molar-refractivity contribution is -0.127. The molecule has 1 aliphatic heterocycles. The first-order chi connectivity index (χ1) is 14.5. The molecule has 2 unspecified atom stereocenters. The third-order valence-electron chi connectivity index (χ3n) is 7.22. The first-order valence-corrected chi connectivity index (χ1v) is 13.0. The van der Waals surface area contributed by atoms with Crippen LogP contribution in [0.3, 0.4) is 0 Å². The summed E-state index contributed by atoms with van der Waals surface area (Å²) in [4.78, 5) is 13.1. The van der Waals surface area contributed by atoms with Crippen molar-refractivity contribution in [1.29, 1.82) is 0 Å². The summed E-state index contributed by atoms with van der Waals surface area (Å²) in [7, 11) is -1.81. The number of rotatable bonds is 5. The second-order valence-corrected chi connectivity index (χ2v) is 11.2. The topological polar surface area (TPSA) is 69.7 Å². The molecular formula is C23H35N3O3S. The largest absolute Gasteiger partial charge is 0.349 e. The van der Waals surface area contributed by atoms with Crippen LogP contribution in [0.2, 0.25) is 0 Å². The Morgan fingerprint density at radius 3 is 2.60 bits per heavy atom. The van der Waals surface area contributed by atoms with E-state index in [4.69, 9.17) is 0 Å². The van der Waals surface area contributed by atoms with Gasteiger partial charge in [0.25, 0.3) is 10.2 Å². The molecule has 2 aliphatic carbocycles. The first-order valence-electron chi connectivity index (χ1n) is 11.6. The number of nitrogens with zero attached hydrogens (tertiary/aromatic N) is 2. The zero-order valence-electron chi connectivity index (χ0n) is 18.1. The minimum atomic E-state index is -3.52. The maximum atomic E-state index is 13.2. The zero-order chi connectivity index (χ0) is 21.1. The summed E-state index contributed by atoms with van der Waals surface area (Å²) >= 11 is 0. The summed E-state index contributed by atoms with van der Waals surface area (Å²) in [5.74, 6) is -0.278. The van der Waals surface area contributed by atoms with E-state index in [2.05, 4.69) is 23.5 Å². The molecular weight excluding hydrogens is 398 g/mol. The molecule has 0 aromatic heterocycles. The van der Waals surface area contributed by atoms with Crippen molar-refractivity contribution >= 4 is 16.1 Å². The average Bonchev–Trinajstić information content (AvgIpc) is 2.79. The number of aryl methyl sites for hydroxylation is 1. The number of piperidine rings is 1. The van der Waals surface area contributed by atoms with E-state index in [1.807, 2.05) is 6.07 Å². The molecule has 1 heterocycles. The number of nitrogens with one attached hydrogen (secondary N) is 1. The number of hydrogen-bond donors (Lipinski definition) is 1. The van der Waals surface area contributed by atoms with Crippen molar-refractivity contribution in [3.8, 4) is 0 Å². The Kier molecular flexibility index (Phi) is 6.80. The van der Waals surface area contributed by atoms with Gasteiger partial charge in [-0.2, -0.15) is 17.0 Å². The molecule has 2 fully saturated rings. The van der Waals surface area contributed by atoms with E-state index in [1.165, 1.54) is 17.5 Å². The minimum Gasteiger partial charge on any atom is -0.349 e. The maximum absolute atomic E-state index is 13.2. The summed E-state index contributed by atoms with van der Waals surface area (Å²) in [6, 6.07) is 8.46. The lowest BCUT2D eigenvalue weighted by atomic mass is 9.87. The first kappa shape index (κ1) is 21.8. The van der Waals surface area contributed by atoms with Gasteiger partial charge in [0, 0.05) is 26.2 Å². The van der Waals surface area contributed by atoms with Crippen LogP contribution in [-0.4, -0.2) is 49.1 Å². The lowest BCUT2D eigenvalue weighted by Crippen LogP contribution is -2.52. The number of carbonyl (C=O) groups excluding carboxylic acids is 1. The van der Waals surface area contributed by atoms with Crippen molar-refractivity contribution in [3.05, 3.63) is 35.4 Å². The smallest absolute Gasteiger partial charge is 0.281 e. The van der Waals surface area contributed by atoms with E-state index in [9.17, 15) is 13.2 Å². The highest BCUT2D eigenvalue weighted by Gasteiger charge is 2.38. The van der Waals surface area contributed by atoms with Crippen LogP contribution in [0.15, 0.2) is 24.3 Å². The van der Waals surface area contributed by atoms with Crippen molar-refractivity contribution in [1.82, 2.24) is 13.9 Å². The molecule has 4 rings (SSSR count). The van der Waals surface area contributed by atoms with Gasteiger partial charge in [0.1, 0.15) is 0 Å². The molecule has 1 amide bonds. The van der Waals surface area contributed by atoms with Gasteiger partial charge in [0.2, 0.25) is 5.91 Å². The molecule has 1 N–H and O–H groups in total. The van der Waals surface area contributed by atoms with Gasteiger partial charge in [-0.05, 0) is 56.1 Å². The molecule has 1 saturated heterocycles. The molecule has 0 spiro atoms. The van der Waals surface area contributed by atoms with Crippen molar-refractivity contribution < 1.29 is 13.2 Å². The Bertz CT molecular complexity index is 851. The molecule has 1 aromatic carbocycles. The Morgan fingerprint density at radius 2 is 1.80 bits per heavy atom. The van der Waals surface area contributed by atoms with Gasteiger partial charge < -0.3 is 5.32 Å². The Hall–Kier alpha value is -1.44. The van der Waals surface area contributed by atoms with E-state index in [0.717, 1.165) is 57.8 Å². The number of carbonyl (C=O) groups is 1. The standard InChI is InChI=1S/C23H35N3O3S/c1-25(20-12-3-2-4-13-20)30(28,29)26-16-8-11-19(17-26)23(27)24-22-15-7-10-18-9-5-6-14-21(18)22/h5-6,9,14,19-20,22H,2-4,7-8,10-13,15-17H2,1H3,(H,24,27). The Labute approximate surface area is 181 Å². The van der Waals surface area contributed by atoms with E-state index in [0.29, 0.717) is 13.1 Å². The van der Waals surface area contributed by atoms with Crippen LogP contribution < -0.4 is 5.32 Å². The second kappa shape index (κ2) is 9.37. The molecule has 6 nitrogen and oxygen atoms in total. The van der Waals surface area contributed by atoms with Gasteiger partial charge in [-0.3, -0.25) is 4.79 Å². The Balaban J connectivity index is 1.40. The molecule has 0 radical (unpaired) electrons. The van der Waals surface area contributed by atoms with Crippen molar-refractivity contribution in [3.63, 3.8) is 0 Å². The number of benzene rings is 1. The SMILES string of the molecule is CN(C1CCCCC1)S(=O)(=O)N1CCCC(C(=O)NC2CCCc3ccccc32)C1. The van der Waals surface area contributed by atoms with Crippen LogP contribution in [0.25, 0.3) is 0 Å². The zero-order valence-corrected chi connectivity index (χ0v) is 18.9. The molecule has 0 bridgehead atoms. The third-order valence-corrected chi connectivity index (χ3v) is 9.23. The second-order valence-electron chi connectivity index (χ2n) is 9.17. The van der Waals surface area contributed by atoms with Crippen LogP contribution in [0, 0.1) is 5.92 Å². The molecule has 1 saturated carbocycles. The molecule has 166 valence electrons. The summed E-state index contributed by atoms with van der Waals surface area (Å²) in [5, 5.41) is 3.24. The van der Waals surface area contributed by atoms with Crippen molar-refractivity contribution in [2.45, 2.75) is 76.3 Å². The highest BCUT2D eigenvalue weighted by molar-refractivity contribution is 7.86. The molecule has 2 atom stereocenters. The molecule has 30 heavy (non-hydrogen) atoms. The predicted molar refractivity (Wildman–Crippen MR) is 118 cm³/mol. The fourth-order valence-electron chi connectivity index (χ4n) is 5.37. The van der Waals surface area contributed by atoms with Crippen LogP contribution in [0.5, 0.6) is 0 Å². The predicted octanol–water partition coefficient (Wildman–Crippen LogP) is 3.40. The van der Waals surface area contributed by atoms with E-state index in [-0.39, 0.29) is 23.9 Å². The van der Waals surface area contributed by atoms with Crippen molar-refractivity contribution in [2.75, 3.05) is 20.1 Å². The van der Waals surface area contributed by atoms with Gasteiger partial charge in [-0.25, -0.2) is 0 Å². The van der Waals surface area contributed by atoms with Gasteiger partial charge >= 0.3 is 0 Å². The number of fused-ring (bicyclic) bond motifs is 1. The summed E-state index contributed by atoms with van der Waals surface area (Å²) < 4.78 is 29.6. The highest BCUT2D eigenvalue weighted by atomic mass is 32.2. The van der Waals surface area contributed by atoms with E-state index in [1.54, 1.807) is 15.7 Å². The fraction of sp³-hybridized carbons (Fsp3) is 0.696. The normalized spacial score (nSPS) is 26.3. The van der Waals surface area contributed by atoms with E-state index >= 15 is 0 Å². The van der Waals surface area contributed by atoms with Gasteiger partial charge in [-0.1, -0.05) is 43.5 Å². The summed E-state index contributed by atoms with van der Waals surface area (Å²) in [6.07, 6.45) is 9.82. The van der Waals surface area contributed by atoms with Gasteiger partial charge in [-0.15, -0.1) is 0 Å². The monoisotopic (exact) mass is 433 g/mol. The fourth-order valence-corrected chi connectivity index (χ4v) is 7.05. The number of hydrogen-bond acceptors (Lipinski definition) is 3. The van der Waals surface area contributed by atoms with E-state index < -0.39 is 10.2 Å². The van der Waals surface area contributed by atoms with Gasteiger partial charge in [0.05, 0.1) is 12.0 Å². The Morgan fingerprint density at radius 1 is 1.03 bits per heavy atom. The average molecular weight is 434 g/mol. The van der Waals surface area contributed by atoms with Crippen LogP contribution >= 0.6 is 0 Å². The summed E-state index contributed by atoms with van der Waals surface area (Å²) in [6.45, 7) is 0.801. The van der Waals surface area contributed by atoms with Gasteiger partial charge in [0.15, 0.2) is 0 Å². The third kappa shape index (κ3) is 4.58. The maximum Gasteiger partial charge on any atom is 0.281 e. The molecule has 1 aromatic rings. The van der Waals surface area contributed by atoms with Crippen LogP contribution in [0.1, 0.15) is 75.0 Å². The van der Waals surface area contributed by atoms with Crippen LogP contribution in [0.4, 0.5) is 0 Å². The molecule has 7 heteroatoms. The quantitative estimate of drug-likeness (QED) is 0.774. The minimum absolute atomic E-state index is 0.00285. The highest BCUT2D eigenvalue weighted by Crippen LogP contribution is 2.31. The van der Waals surface area contributed by atoms with Crippen molar-refractivity contribution in [2.24, 2.45) is 5.92 Å². The molecule has 3 aliphatic rings. The lowest BCUT2D eigenvalue weighted by Gasteiger charge is -2.38. The summed E-state index contributed by atoms with van der Waals surface area (Å²) in [5.41, 5.74) is 2.53. The number of amides is 1. The van der Waals surface area contributed by atoms with Crippen LogP contribution in [-0.2, 0) is 21.4 Å².